The van der Waals surface area contributed by atoms with Crippen LogP contribution in [0.3, 0.4) is 0 Å². The monoisotopic (exact) mass is 285 g/mol. The fourth-order valence-corrected chi connectivity index (χ4v) is 1.66. The largest absolute Gasteiger partial charge is 0.356 e. The molecule has 0 aliphatic carbocycles. The van der Waals surface area contributed by atoms with Gasteiger partial charge in [0, 0.05) is 13.0 Å². The quantitative estimate of drug-likeness (QED) is 0.262. The maximum atomic E-state index is 11.2. The van der Waals surface area contributed by atoms with E-state index in [1.807, 2.05) is 0 Å². The lowest BCUT2D eigenvalue weighted by Crippen LogP contribution is -2.24. The average Bonchev–Trinajstić information content (AvgIpc) is 2.39. The first-order chi connectivity index (χ1) is 8.70. The standard InChI is InChI=1S/C13H25NO4.Mg.2H/c1-2-3-4-5-6-7-8-11-14-12(15)9-10-13(16)18-17;;;/h17H,2-11H2,1H3,(H,14,15);;;. The van der Waals surface area contributed by atoms with Crippen LogP contribution in [0.15, 0.2) is 0 Å². The van der Waals surface area contributed by atoms with Gasteiger partial charge in [-0.2, -0.15) is 5.26 Å². The molecule has 110 valence electrons. The van der Waals surface area contributed by atoms with Crippen molar-refractivity contribution in [3.63, 3.8) is 0 Å². The molecule has 19 heavy (non-hydrogen) atoms. The van der Waals surface area contributed by atoms with Gasteiger partial charge in [0.05, 0.1) is 6.42 Å². The van der Waals surface area contributed by atoms with Gasteiger partial charge in [0.1, 0.15) is 0 Å². The molecule has 0 saturated carbocycles. The summed E-state index contributed by atoms with van der Waals surface area (Å²) in [5.41, 5.74) is 0. The van der Waals surface area contributed by atoms with Crippen molar-refractivity contribution in [2.75, 3.05) is 6.54 Å². The highest BCUT2D eigenvalue weighted by molar-refractivity contribution is 5.80. The molecule has 0 aromatic carbocycles. The molecule has 0 spiro atoms. The van der Waals surface area contributed by atoms with Crippen molar-refractivity contribution >= 4 is 34.9 Å². The highest BCUT2D eigenvalue weighted by Crippen LogP contribution is 2.06. The third kappa shape index (κ3) is 15.6. The predicted octanol–water partition coefficient (Wildman–Crippen LogP) is 1.73. The van der Waals surface area contributed by atoms with Crippen LogP contribution in [0.1, 0.15) is 64.7 Å². The minimum absolute atomic E-state index is 0. The second kappa shape index (κ2) is 15.7. The Labute approximate surface area is 131 Å². The number of carbonyl (C=O) groups is 2. The van der Waals surface area contributed by atoms with Crippen molar-refractivity contribution in [1.29, 1.82) is 0 Å². The van der Waals surface area contributed by atoms with E-state index >= 15 is 0 Å². The van der Waals surface area contributed by atoms with E-state index in [-0.39, 0.29) is 41.8 Å². The zero-order valence-electron chi connectivity index (χ0n) is 11.2. The first-order valence-corrected chi connectivity index (χ1v) is 6.81. The molecule has 0 atom stereocenters. The summed E-state index contributed by atoms with van der Waals surface area (Å²) in [6, 6.07) is 0. The fraction of sp³-hybridized carbons (Fsp3) is 0.846. The first-order valence-electron chi connectivity index (χ1n) is 6.81. The lowest BCUT2D eigenvalue weighted by molar-refractivity contribution is -0.234. The summed E-state index contributed by atoms with van der Waals surface area (Å²) in [7, 11) is 0. The maximum Gasteiger partial charge on any atom is 0.342 e. The summed E-state index contributed by atoms with van der Waals surface area (Å²) in [6.45, 7) is 2.85. The topological polar surface area (TPSA) is 75.6 Å². The van der Waals surface area contributed by atoms with Gasteiger partial charge in [0.25, 0.3) is 0 Å². The van der Waals surface area contributed by atoms with Gasteiger partial charge in [-0.1, -0.05) is 45.4 Å². The number of rotatable bonds is 11. The smallest absolute Gasteiger partial charge is 0.342 e. The number of amides is 1. The Morgan fingerprint density at radius 2 is 1.58 bits per heavy atom. The molecule has 0 aliphatic rings. The normalized spacial score (nSPS) is 9.58. The maximum absolute atomic E-state index is 11.2. The van der Waals surface area contributed by atoms with Crippen LogP contribution in [-0.4, -0.2) is 46.7 Å². The van der Waals surface area contributed by atoms with E-state index in [4.69, 9.17) is 5.26 Å². The Morgan fingerprint density at radius 1 is 1.00 bits per heavy atom. The molecule has 6 heteroatoms. The summed E-state index contributed by atoms with van der Waals surface area (Å²) in [6.07, 6.45) is 8.42. The van der Waals surface area contributed by atoms with E-state index in [0.717, 1.165) is 12.8 Å². The minimum Gasteiger partial charge on any atom is -0.356 e. The lowest BCUT2D eigenvalue weighted by Gasteiger charge is -2.04. The molecule has 0 rings (SSSR count). The summed E-state index contributed by atoms with van der Waals surface area (Å²) < 4.78 is 0. The molecule has 5 nitrogen and oxygen atoms in total. The zero-order chi connectivity index (χ0) is 13.6. The van der Waals surface area contributed by atoms with E-state index in [1.54, 1.807) is 0 Å². The average molecular weight is 286 g/mol. The van der Waals surface area contributed by atoms with Crippen LogP contribution in [-0.2, 0) is 14.5 Å². The Bertz CT molecular complexity index is 237. The molecule has 2 N–H and O–H groups in total. The molecule has 0 heterocycles. The van der Waals surface area contributed by atoms with Crippen molar-refractivity contribution in [3.8, 4) is 0 Å². The highest BCUT2D eigenvalue weighted by atomic mass is 24.3. The third-order valence-corrected chi connectivity index (χ3v) is 2.76. The number of carbonyl (C=O) groups excluding carboxylic acids is 2. The van der Waals surface area contributed by atoms with Crippen molar-refractivity contribution in [1.82, 2.24) is 5.32 Å². The Kier molecular flexibility index (Phi) is 17.4. The second-order valence-corrected chi connectivity index (χ2v) is 4.43. The molecule has 1 amide bonds. The predicted molar refractivity (Wildman–Crippen MR) is 77.5 cm³/mol. The van der Waals surface area contributed by atoms with Crippen LogP contribution in [0.4, 0.5) is 0 Å². The summed E-state index contributed by atoms with van der Waals surface area (Å²) in [5.74, 6) is -0.951. The molecule has 0 aliphatic heterocycles. The molecular weight excluding hydrogens is 258 g/mol. The van der Waals surface area contributed by atoms with Gasteiger partial charge < -0.3 is 10.2 Å². The van der Waals surface area contributed by atoms with E-state index in [2.05, 4.69) is 17.1 Å². The van der Waals surface area contributed by atoms with Crippen molar-refractivity contribution in [2.45, 2.75) is 64.7 Å². The zero-order valence-corrected chi connectivity index (χ0v) is 11.2. The lowest BCUT2D eigenvalue weighted by atomic mass is 10.1. The molecule has 0 aromatic heterocycles. The number of hydrogen-bond acceptors (Lipinski definition) is 4. The Balaban J connectivity index is 0. The van der Waals surface area contributed by atoms with Gasteiger partial charge in [-0.15, -0.1) is 0 Å². The molecule has 0 bridgehead atoms. The summed E-state index contributed by atoms with van der Waals surface area (Å²) in [5, 5.41) is 10.7. The highest BCUT2D eigenvalue weighted by Gasteiger charge is 2.06. The summed E-state index contributed by atoms with van der Waals surface area (Å²) in [4.78, 5) is 25.3. The number of nitrogens with one attached hydrogen (secondary N) is 1. The van der Waals surface area contributed by atoms with Gasteiger partial charge in [0.15, 0.2) is 0 Å². The van der Waals surface area contributed by atoms with Crippen molar-refractivity contribution in [2.24, 2.45) is 0 Å². The number of hydrogen-bond donors (Lipinski definition) is 2. The van der Waals surface area contributed by atoms with E-state index in [1.165, 1.54) is 32.1 Å². The Hall–Kier alpha value is -0.334. The van der Waals surface area contributed by atoms with Gasteiger partial charge in [-0.05, 0) is 6.42 Å². The van der Waals surface area contributed by atoms with Crippen LogP contribution in [0.25, 0.3) is 0 Å². The third-order valence-electron chi connectivity index (χ3n) is 2.76. The molecule has 0 fully saturated rings. The van der Waals surface area contributed by atoms with Crippen LogP contribution >= 0.6 is 0 Å². The van der Waals surface area contributed by atoms with Crippen LogP contribution in [0, 0.1) is 0 Å². The molecule has 0 radical (unpaired) electrons. The van der Waals surface area contributed by atoms with Crippen LogP contribution in [0.5, 0.6) is 0 Å². The molecule has 0 unspecified atom stereocenters. The Morgan fingerprint density at radius 3 is 2.16 bits per heavy atom. The second-order valence-electron chi connectivity index (χ2n) is 4.43. The first kappa shape index (κ1) is 21.0. The summed E-state index contributed by atoms with van der Waals surface area (Å²) >= 11 is 0. The van der Waals surface area contributed by atoms with Crippen LogP contribution < -0.4 is 5.32 Å². The van der Waals surface area contributed by atoms with E-state index < -0.39 is 5.97 Å². The van der Waals surface area contributed by atoms with Crippen molar-refractivity contribution in [3.05, 3.63) is 0 Å². The molecule has 0 saturated heterocycles. The van der Waals surface area contributed by atoms with E-state index in [9.17, 15) is 9.59 Å². The van der Waals surface area contributed by atoms with Gasteiger partial charge >= 0.3 is 29.0 Å². The van der Waals surface area contributed by atoms with Gasteiger partial charge in [-0.25, -0.2) is 4.79 Å². The van der Waals surface area contributed by atoms with E-state index in [0.29, 0.717) is 6.54 Å². The van der Waals surface area contributed by atoms with Crippen molar-refractivity contribution < 1.29 is 19.7 Å². The minimum atomic E-state index is -0.777. The van der Waals surface area contributed by atoms with Gasteiger partial charge in [0.2, 0.25) is 5.91 Å². The number of unbranched alkanes of at least 4 members (excludes halogenated alkanes) is 6. The van der Waals surface area contributed by atoms with Gasteiger partial charge in [-0.3, -0.25) is 4.79 Å². The molecular formula is C13H27MgNO4. The fourth-order valence-electron chi connectivity index (χ4n) is 1.66. The molecule has 0 aromatic rings. The van der Waals surface area contributed by atoms with Crippen LogP contribution in [0.2, 0.25) is 0 Å². The SMILES string of the molecule is CCCCCCCCCNC(=O)CCC(=O)OO.[MgH2].